The van der Waals surface area contributed by atoms with E-state index in [0.29, 0.717) is 5.75 Å². The lowest BCUT2D eigenvalue weighted by atomic mass is 10.0. The Bertz CT molecular complexity index is 832. The quantitative estimate of drug-likeness (QED) is 0.594. The molecule has 138 valence electrons. The van der Waals surface area contributed by atoms with Crippen LogP contribution in [0.3, 0.4) is 0 Å². The summed E-state index contributed by atoms with van der Waals surface area (Å²) in [6, 6.07) is 8.34. The van der Waals surface area contributed by atoms with Crippen molar-refractivity contribution in [2.45, 2.75) is 26.7 Å². The fourth-order valence-corrected chi connectivity index (χ4v) is 2.87. The first-order valence-electron chi connectivity index (χ1n) is 7.84. The highest BCUT2D eigenvalue weighted by Gasteiger charge is 2.16. The minimum atomic E-state index is -0.630. The van der Waals surface area contributed by atoms with Crippen molar-refractivity contribution < 1.29 is 19.2 Å². The minimum Gasteiger partial charge on any atom is -0.483 e. The molecule has 0 aliphatic rings. The Balaban J connectivity index is 1.88. The second kappa shape index (κ2) is 8.43. The van der Waals surface area contributed by atoms with E-state index in [1.165, 1.54) is 12.1 Å². The van der Waals surface area contributed by atoms with Crippen LogP contribution in [-0.4, -0.2) is 23.3 Å². The number of aryl methyl sites for hydroxylation is 1. The van der Waals surface area contributed by atoms with E-state index in [4.69, 9.17) is 4.74 Å². The number of hydrazine groups is 1. The van der Waals surface area contributed by atoms with Crippen LogP contribution in [0.1, 0.15) is 40.6 Å². The van der Waals surface area contributed by atoms with Crippen LogP contribution in [0.2, 0.25) is 0 Å². The number of benzene rings is 1. The fraction of sp³-hybridized carbons (Fsp3) is 0.294. The molecular weight excluding hydrogens is 358 g/mol. The van der Waals surface area contributed by atoms with Gasteiger partial charge in [-0.15, -0.1) is 0 Å². The molecular formula is C17H19N3O5S. The molecule has 2 N–H and O–H groups in total. The number of rotatable bonds is 6. The van der Waals surface area contributed by atoms with Crippen molar-refractivity contribution in [2.24, 2.45) is 0 Å². The third-order valence-electron chi connectivity index (χ3n) is 3.46. The summed E-state index contributed by atoms with van der Waals surface area (Å²) in [6.07, 6.45) is 0. The molecule has 1 aromatic carbocycles. The van der Waals surface area contributed by atoms with E-state index in [1.807, 2.05) is 39.0 Å². The van der Waals surface area contributed by atoms with Crippen molar-refractivity contribution in [1.29, 1.82) is 0 Å². The number of thiophene rings is 1. The Morgan fingerprint density at radius 1 is 1.23 bits per heavy atom. The second-order valence-corrected chi connectivity index (χ2v) is 6.94. The van der Waals surface area contributed by atoms with Crippen LogP contribution in [-0.2, 0) is 4.79 Å². The summed E-state index contributed by atoms with van der Waals surface area (Å²) in [5.74, 6) is -0.311. The first-order valence-corrected chi connectivity index (χ1v) is 8.66. The van der Waals surface area contributed by atoms with Crippen LogP contribution in [0.15, 0.2) is 30.3 Å². The first kappa shape index (κ1) is 19.4. The summed E-state index contributed by atoms with van der Waals surface area (Å²) < 4.78 is 5.56. The highest BCUT2D eigenvalue weighted by atomic mass is 32.1. The summed E-state index contributed by atoms with van der Waals surface area (Å²) >= 11 is 0.724. The zero-order chi connectivity index (χ0) is 19.3. The lowest BCUT2D eigenvalue weighted by Crippen LogP contribution is -2.43. The molecule has 8 nitrogen and oxygen atoms in total. The number of nitrogens with one attached hydrogen (secondary N) is 2. The number of nitro groups is 1. The maximum atomic E-state index is 11.9. The van der Waals surface area contributed by atoms with E-state index in [0.717, 1.165) is 22.5 Å². The van der Waals surface area contributed by atoms with Crippen LogP contribution in [0.4, 0.5) is 5.00 Å². The summed E-state index contributed by atoms with van der Waals surface area (Å²) in [7, 11) is 0. The second-order valence-electron chi connectivity index (χ2n) is 5.88. The zero-order valence-electron chi connectivity index (χ0n) is 14.6. The lowest BCUT2D eigenvalue weighted by Gasteiger charge is -2.14. The number of carbonyl (C=O) groups excluding carboxylic acids is 2. The first-order chi connectivity index (χ1) is 12.3. The molecule has 0 aliphatic heterocycles. The predicted molar refractivity (Wildman–Crippen MR) is 97.3 cm³/mol. The van der Waals surface area contributed by atoms with Gasteiger partial charge in [0.1, 0.15) is 10.6 Å². The van der Waals surface area contributed by atoms with Gasteiger partial charge in [0.25, 0.3) is 11.8 Å². The highest BCUT2D eigenvalue weighted by molar-refractivity contribution is 7.17. The maximum Gasteiger partial charge on any atom is 0.324 e. The molecule has 0 saturated heterocycles. The van der Waals surface area contributed by atoms with E-state index < -0.39 is 16.7 Å². The van der Waals surface area contributed by atoms with Crippen LogP contribution in [0.5, 0.6) is 5.75 Å². The Hall–Kier alpha value is -2.94. The Labute approximate surface area is 154 Å². The molecule has 2 aromatic rings. The Morgan fingerprint density at radius 3 is 2.58 bits per heavy atom. The van der Waals surface area contributed by atoms with Crippen molar-refractivity contribution in [2.75, 3.05) is 6.61 Å². The predicted octanol–water partition coefficient (Wildman–Crippen LogP) is 2.93. The van der Waals surface area contributed by atoms with Gasteiger partial charge in [0.2, 0.25) is 0 Å². The van der Waals surface area contributed by atoms with Crippen LogP contribution in [0, 0.1) is 17.0 Å². The monoisotopic (exact) mass is 377 g/mol. The van der Waals surface area contributed by atoms with E-state index in [-0.39, 0.29) is 22.4 Å². The number of hydrogen-bond donors (Lipinski definition) is 2. The number of amides is 2. The molecule has 2 rings (SSSR count). The molecule has 0 aliphatic carbocycles. The van der Waals surface area contributed by atoms with Crippen molar-refractivity contribution in [1.82, 2.24) is 10.9 Å². The van der Waals surface area contributed by atoms with Gasteiger partial charge in [-0.2, -0.15) is 0 Å². The molecule has 9 heteroatoms. The molecule has 1 aromatic heterocycles. The third kappa shape index (κ3) is 5.03. The standard InChI is InChI=1S/C17H19N3O5S/c1-10(2)12-5-4-11(3)8-13(12)25-9-15(21)18-19-17(22)14-6-7-16(26-14)20(23)24/h4-8,10H,9H2,1-3H3,(H,18,21)(H,19,22). The van der Waals surface area contributed by atoms with Crippen molar-refractivity contribution in [3.63, 3.8) is 0 Å². The molecule has 0 unspecified atom stereocenters. The van der Waals surface area contributed by atoms with Crippen molar-refractivity contribution in [3.8, 4) is 5.75 Å². The average molecular weight is 377 g/mol. The molecule has 0 spiro atoms. The number of ether oxygens (including phenoxy) is 1. The number of hydrogen-bond acceptors (Lipinski definition) is 6. The van der Waals surface area contributed by atoms with Crippen LogP contribution < -0.4 is 15.6 Å². The van der Waals surface area contributed by atoms with Gasteiger partial charge in [-0.1, -0.05) is 37.3 Å². The van der Waals surface area contributed by atoms with Crippen molar-refractivity contribution >= 4 is 28.2 Å². The summed E-state index contributed by atoms with van der Waals surface area (Å²) in [5, 5.41) is 10.5. The third-order valence-corrected chi connectivity index (χ3v) is 4.50. The van der Waals surface area contributed by atoms with Gasteiger partial charge in [0.05, 0.1) is 4.92 Å². The summed E-state index contributed by atoms with van der Waals surface area (Å²) in [5.41, 5.74) is 6.43. The fourth-order valence-electron chi connectivity index (χ4n) is 2.16. The van der Waals surface area contributed by atoms with E-state index in [2.05, 4.69) is 10.9 Å². The van der Waals surface area contributed by atoms with Gasteiger partial charge < -0.3 is 4.74 Å². The molecule has 1 heterocycles. The summed E-state index contributed by atoms with van der Waals surface area (Å²) in [4.78, 5) is 33.9. The van der Waals surface area contributed by atoms with Crippen LogP contribution >= 0.6 is 11.3 Å². The van der Waals surface area contributed by atoms with Gasteiger partial charge in [0.15, 0.2) is 6.61 Å². The van der Waals surface area contributed by atoms with Gasteiger partial charge in [-0.05, 0) is 36.1 Å². The smallest absolute Gasteiger partial charge is 0.324 e. The molecule has 0 atom stereocenters. The van der Waals surface area contributed by atoms with Gasteiger partial charge >= 0.3 is 5.00 Å². The molecule has 0 radical (unpaired) electrons. The molecule has 26 heavy (non-hydrogen) atoms. The van der Waals surface area contributed by atoms with E-state index in [9.17, 15) is 19.7 Å². The topological polar surface area (TPSA) is 111 Å². The van der Waals surface area contributed by atoms with Crippen LogP contribution in [0.25, 0.3) is 0 Å². The van der Waals surface area contributed by atoms with Crippen molar-refractivity contribution in [3.05, 3.63) is 56.5 Å². The maximum absolute atomic E-state index is 11.9. The van der Waals surface area contributed by atoms with E-state index in [1.54, 1.807) is 0 Å². The number of carbonyl (C=O) groups is 2. The Morgan fingerprint density at radius 2 is 1.96 bits per heavy atom. The molecule has 0 fully saturated rings. The molecule has 0 bridgehead atoms. The van der Waals surface area contributed by atoms with E-state index >= 15 is 0 Å². The highest BCUT2D eigenvalue weighted by Crippen LogP contribution is 2.27. The van der Waals surface area contributed by atoms with Gasteiger partial charge in [-0.3, -0.25) is 30.6 Å². The summed E-state index contributed by atoms with van der Waals surface area (Å²) in [6.45, 7) is 5.71. The zero-order valence-corrected chi connectivity index (χ0v) is 15.4. The Kier molecular flexibility index (Phi) is 6.29. The SMILES string of the molecule is Cc1ccc(C(C)C)c(OCC(=O)NNC(=O)c2ccc([N+](=O)[O-])s2)c1. The number of nitrogens with zero attached hydrogens (tertiary/aromatic N) is 1. The normalized spacial score (nSPS) is 10.5. The van der Waals surface area contributed by atoms with Gasteiger partial charge in [-0.25, -0.2) is 0 Å². The minimum absolute atomic E-state index is 0.124. The molecule has 2 amide bonds. The molecule has 0 saturated carbocycles. The van der Waals surface area contributed by atoms with Gasteiger partial charge in [0, 0.05) is 6.07 Å². The average Bonchev–Trinajstić information content (AvgIpc) is 3.08. The largest absolute Gasteiger partial charge is 0.483 e. The lowest BCUT2D eigenvalue weighted by molar-refractivity contribution is -0.380.